The Hall–Kier alpha value is -0.920. The molecule has 1 heterocycles. The van der Waals surface area contributed by atoms with Crippen LogP contribution in [0.3, 0.4) is 0 Å². The van der Waals surface area contributed by atoms with E-state index < -0.39 is 0 Å². The topological polar surface area (TPSA) is 25.8 Å². The standard InChI is InChI=1S/C13H22N2/c1-4-5-6-7-8-9-13-11(2)14-10-15-12(13)3/h10H,4-9H2,1-3H3. The number of unbranched alkanes of at least 4 members (excludes halogenated alkanes) is 4. The molecule has 0 aliphatic rings. The molecule has 0 atom stereocenters. The van der Waals surface area contributed by atoms with Crippen molar-refractivity contribution in [2.45, 2.75) is 59.3 Å². The average Bonchev–Trinajstić information content (AvgIpc) is 2.21. The van der Waals surface area contributed by atoms with E-state index in [0.717, 1.165) is 17.8 Å². The van der Waals surface area contributed by atoms with E-state index >= 15 is 0 Å². The Balaban J connectivity index is 2.37. The lowest BCUT2D eigenvalue weighted by Gasteiger charge is -2.07. The fourth-order valence-corrected chi connectivity index (χ4v) is 1.89. The maximum atomic E-state index is 4.24. The number of nitrogens with zero attached hydrogens (tertiary/aromatic N) is 2. The normalized spacial score (nSPS) is 10.6. The van der Waals surface area contributed by atoms with Crippen LogP contribution < -0.4 is 0 Å². The largest absolute Gasteiger partial charge is 0.241 e. The highest BCUT2D eigenvalue weighted by Crippen LogP contribution is 2.13. The van der Waals surface area contributed by atoms with E-state index in [2.05, 4.69) is 30.7 Å². The van der Waals surface area contributed by atoms with Crippen molar-refractivity contribution in [1.29, 1.82) is 0 Å². The molecule has 0 aromatic carbocycles. The van der Waals surface area contributed by atoms with Crippen LogP contribution in [0.1, 0.15) is 56.0 Å². The molecule has 0 saturated carbocycles. The van der Waals surface area contributed by atoms with E-state index in [4.69, 9.17) is 0 Å². The van der Waals surface area contributed by atoms with Crippen LogP contribution in [-0.4, -0.2) is 9.97 Å². The third-order valence-corrected chi connectivity index (χ3v) is 2.91. The van der Waals surface area contributed by atoms with Gasteiger partial charge in [0.05, 0.1) is 0 Å². The highest BCUT2D eigenvalue weighted by molar-refractivity contribution is 5.22. The van der Waals surface area contributed by atoms with Gasteiger partial charge in [0.2, 0.25) is 0 Å². The molecule has 15 heavy (non-hydrogen) atoms. The molecule has 0 aliphatic heterocycles. The first-order valence-corrected chi connectivity index (χ1v) is 6.02. The van der Waals surface area contributed by atoms with E-state index in [1.54, 1.807) is 6.33 Å². The van der Waals surface area contributed by atoms with Crippen molar-refractivity contribution in [3.05, 3.63) is 23.3 Å². The Labute approximate surface area is 93.2 Å². The van der Waals surface area contributed by atoms with E-state index in [-0.39, 0.29) is 0 Å². The summed E-state index contributed by atoms with van der Waals surface area (Å²) in [5.74, 6) is 0. The van der Waals surface area contributed by atoms with Gasteiger partial charge in [0.15, 0.2) is 0 Å². The number of hydrogen-bond acceptors (Lipinski definition) is 2. The molecule has 1 rings (SSSR count). The summed E-state index contributed by atoms with van der Waals surface area (Å²) in [4.78, 5) is 8.49. The summed E-state index contributed by atoms with van der Waals surface area (Å²) in [7, 11) is 0. The predicted molar refractivity (Wildman–Crippen MR) is 64.0 cm³/mol. The summed E-state index contributed by atoms with van der Waals surface area (Å²) in [6, 6.07) is 0. The fourth-order valence-electron chi connectivity index (χ4n) is 1.89. The van der Waals surface area contributed by atoms with Crippen LogP contribution >= 0.6 is 0 Å². The molecule has 2 nitrogen and oxygen atoms in total. The van der Waals surface area contributed by atoms with Crippen molar-refractivity contribution in [2.75, 3.05) is 0 Å². The van der Waals surface area contributed by atoms with E-state index in [1.807, 2.05) is 0 Å². The highest BCUT2D eigenvalue weighted by atomic mass is 14.8. The molecule has 0 unspecified atom stereocenters. The molecule has 0 amide bonds. The van der Waals surface area contributed by atoms with Crippen LogP contribution in [0, 0.1) is 13.8 Å². The summed E-state index contributed by atoms with van der Waals surface area (Å²) in [6.45, 7) is 6.41. The van der Waals surface area contributed by atoms with Gasteiger partial charge in [-0.15, -0.1) is 0 Å². The Morgan fingerprint density at radius 3 is 2.13 bits per heavy atom. The smallest absolute Gasteiger partial charge is 0.115 e. The van der Waals surface area contributed by atoms with Crippen LogP contribution in [0.25, 0.3) is 0 Å². The molecule has 0 saturated heterocycles. The van der Waals surface area contributed by atoms with Gasteiger partial charge in [-0.3, -0.25) is 0 Å². The second-order valence-electron chi connectivity index (χ2n) is 4.19. The Morgan fingerprint density at radius 2 is 1.53 bits per heavy atom. The molecule has 1 aromatic rings. The molecular formula is C13H22N2. The van der Waals surface area contributed by atoms with Gasteiger partial charge >= 0.3 is 0 Å². The number of hydrogen-bond donors (Lipinski definition) is 0. The first kappa shape index (κ1) is 12.2. The lowest BCUT2D eigenvalue weighted by molar-refractivity contribution is 0.628. The predicted octanol–water partition coefficient (Wildman–Crippen LogP) is 3.61. The van der Waals surface area contributed by atoms with Crippen molar-refractivity contribution < 1.29 is 0 Å². The van der Waals surface area contributed by atoms with E-state index in [0.29, 0.717) is 0 Å². The zero-order valence-corrected chi connectivity index (χ0v) is 10.2. The summed E-state index contributed by atoms with van der Waals surface area (Å²) in [5.41, 5.74) is 3.66. The Kier molecular flexibility index (Phi) is 5.30. The van der Waals surface area contributed by atoms with Gasteiger partial charge in [0.1, 0.15) is 6.33 Å². The van der Waals surface area contributed by atoms with E-state index in [1.165, 1.54) is 37.7 Å². The summed E-state index contributed by atoms with van der Waals surface area (Å²) >= 11 is 0. The minimum Gasteiger partial charge on any atom is -0.241 e. The minimum atomic E-state index is 1.14. The minimum absolute atomic E-state index is 1.14. The van der Waals surface area contributed by atoms with Crippen molar-refractivity contribution in [3.63, 3.8) is 0 Å². The maximum Gasteiger partial charge on any atom is 0.115 e. The van der Waals surface area contributed by atoms with Crippen molar-refractivity contribution >= 4 is 0 Å². The second-order valence-corrected chi connectivity index (χ2v) is 4.19. The van der Waals surface area contributed by atoms with Gasteiger partial charge in [0, 0.05) is 11.4 Å². The molecule has 84 valence electrons. The van der Waals surface area contributed by atoms with Gasteiger partial charge in [0.25, 0.3) is 0 Å². The summed E-state index contributed by atoms with van der Waals surface area (Å²) in [6.07, 6.45) is 9.45. The number of rotatable bonds is 6. The van der Waals surface area contributed by atoms with Crippen LogP contribution in [0.4, 0.5) is 0 Å². The van der Waals surface area contributed by atoms with Gasteiger partial charge in [-0.05, 0) is 32.3 Å². The first-order chi connectivity index (χ1) is 7.25. The molecule has 0 bridgehead atoms. The molecule has 0 fully saturated rings. The van der Waals surface area contributed by atoms with Gasteiger partial charge < -0.3 is 0 Å². The zero-order chi connectivity index (χ0) is 11.1. The molecule has 0 radical (unpaired) electrons. The number of aromatic nitrogens is 2. The zero-order valence-electron chi connectivity index (χ0n) is 10.2. The molecule has 0 aliphatic carbocycles. The van der Waals surface area contributed by atoms with E-state index in [9.17, 15) is 0 Å². The lowest BCUT2D eigenvalue weighted by Crippen LogP contribution is -1.99. The monoisotopic (exact) mass is 206 g/mol. The second kappa shape index (κ2) is 6.54. The first-order valence-electron chi connectivity index (χ1n) is 6.02. The number of aryl methyl sites for hydroxylation is 2. The lowest BCUT2D eigenvalue weighted by atomic mass is 10.0. The molecule has 0 N–H and O–H groups in total. The van der Waals surface area contributed by atoms with Crippen LogP contribution in [0.2, 0.25) is 0 Å². The van der Waals surface area contributed by atoms with Gasteiger partial charge in [-0.25, -0.2) is 9.97 Å². The fraction of sp³-hybridized carbons (Fsp3) is 0.692. The third kappa shape index (κ3) is 3.98. The van der Waals surface area contributed by atoms with Crippen LogP contribution in [0.5, 0.6) is 0 Å². The van der Waals surface area contributed by atoms with Crippen molar-refractivity contribution in [2.24, 2.45) is 0 Å². The van der Waals surface area contributed by atoms with Crippen molar-refractivity contribution in [1.82, 2.24) is 9.97 Å². The third-order valence-electron chi connectivity index (χ3n) is 2.91. The Morgan fingerprint density at radius 1 is 0.933 bits per heavy atom. The van der Waals surface area contributed by atoms with Crippen LogP contribution in [0.15, 0.2) is 6.33 Å². The highest BCUT2D eigenvalue weighted by Gasteiger charge is 2.03. The molecule has 0 spiro atoms. The quantitative estimate of drug-likeness (QED) is 0.664. The van der Waals surface area contributed by atoms with Gasteiger partial charge in [-0.1, -0.05) is 32.6 Å². The molecular weight excluding hydrogens is 184 g/mol. The van der Waals surface area contributed by atoms with Crippen LogP contribution in [-0.2, 0) is 6.42 Å². The maximum absolute atomic E-state index is 4.24. The van der Waals surface area contributed by atoms with Gasteiger partial charge in [-0.2, -0.15) is 0 Å². The average molecular weight is 206 g/mol. The molecule has 2 heteroatoms. The van der Waals surface area contributed by atoms with Crippen molar-refractivity contribution in [3.8, 4) is 0 Å². The summed E-state index contributed by atoms with van der Waals surface area (Å²) in [5, 5.41) is 0. The Bertz CT molecular complexity index is 274. The summed E-state index contributed by atoms with van der Waals surface area (Å²) < 4.78 is 0. The molecule has 1 aromatic heterocycles. The SMILES string of the molecule is CCCCCCCc1c(C)ncnc1C.